The molecule has 8 heteroatoms. The number of nitriles is 1. The average Bonchev–Trinajstić information content (AvgIpc) is 2.62. The molecule has 1 aliphatic heterocycles. The summed E-state index contributed by atoms with van der Waals surface area (Å²) in [6.45, 7) is 0.964. The highest BCUT2D eigenvalue weighted by Gasteiger charge is 2.27. The quantitative estimate of drug-likeness (QED) is 0.606. The molecule has 1 saturated heterocycles. The number of carbonyl (C=O) groups is 1. The fourth-order valence-corrected chi connectivity index (χ4v) is 2.63. The number of rotatable bonds is 3. The van der Waals surface area contributed by atoms with Crippen LogP contribution in [0.5, 0.6) is 5.88 Å². The third-order valence-electron chi connectivity index (χ3n) is 3.74. The molecule has 2 aromatic heterocycles. The van der Waals surface area contributed by atoms with E-state index in [-0.39, 0.29) is 23.6 Å². The standard InChI is InChI=1S/C16H15N5O3/c17-9-14-15(19-6-5-18-14)24-13-4-2-7-20(11-13)16(22)12-3-1-8-21(23)10-12/h1,3,5-6,8,10,13H,2,4,7,11H2. The van der Waals surface area contributed by atoms with Gasteiger partial charge in [0.15, 0.2) is 12.4 Å². The van der Waals surface area contributed by atoms with Crippen LogP contribution in [0.2, 0.25) is 0 Å². The fraction of sp³-hybridized carbons (Fsp3) is 0.312. The molecule has 2 aromatic rings. The van der Waals surface area contributed by atoms with Crippen molar-refractivity contribution in [2.75, 3.05) is 13.1 Å². The first kappa shape index (κ1) is 15.7. The van der Waals surface area contributed by atoms with E-state index in [1.54, 1.807) is 11.0 Å². The summed E-state index contributed by atoms with van der Waals surface area (Å²) < 4.78 is 6.36. The van der Waals surface area contributed by atoms with Gasteiger partial charge in [0.05, 0.1) is 6.54 Å². The first-order chi connectivity index (χ1) is 11.7. The van der Waals surface area contributed by atoms with E-state index in [1.165, 1.54) is 30.9 Å². The van der Waals surface area contributed by atoms with Gasteiger partial charge < -0.3 is 14.8 Å². The lowest BCUT2D eigenvalue weighted by atomic mass is 10.1. The van der Waals surface area contributed by atoms with Gasteiger partial charge in [0.2, 0.25) is 5.69 Å². The van der Waals surface area contributed by atoms with E-state index in [1.807, 2.05) is 6.07 Å². The summed E-state index contributed by atoms with van der Waals surface area (Å²) >= 11 is 0. The molecule has 122 valence electrons. The summed E-state index contributed by atoms with van der Waals surface area (Å²) in [4.78, 5) is 22.1. The van der Waals surface area contributed by atoms with Crippen LogP contribution in [0.4, 0.5) is 0 Å². The zero-order valence-corrected chi connectivity index (χ0v) is 12.8. The van der Waals surface area contributed by atoms with E-state index >= 15 is 0 Å². The van der Waals surface area contributed by atoms with Crippen LogP contribution in [0, 0.1) is 16.5 Å². The lowest BCUT2D eigenvalue weighted by Crippen LogP contribution is -2.45. The van der Waals surface area contributed by atoms with E-state index < -0.39 is 0 Å². The molecule has 1 fully saturated rings. The molecule has 0 aliphatic carbocycles. The van der Waals surface area contributed by atoms with Crippen LogP contribution in [-0.4, -0.2) is 40.0 Å². The molecule has 1 aliphatic rings. The van der Waals surface area contributed by atoms with Crippen molar-refractivity contribution in [3.8, 4) is 11.9 Å². The molecule has 0 bridgehead atoms. The van der Waals surface area contributed by atoms with Gasteiger partial charge in [0.25, 0.3) is 11.8 Å². The lowest BCUT2D eigenvalue weighted by Gasteiger charge is -2.32. The van der Waals surface area contributed by atoms with Crippen molar-refractivity contribution in [3.05, 3.63) is 53.4 Å². The maximum atomic E-state index is 12.5. The van der Waals surface area contributed by atoms with Crippen molar-refractivity contribution in [2.24, 2.45) is 0 Å². The number of pyridine rings is 1. The predicted octanol–water partition coefficient (Wildman–Crippen LogP) is 0.665. The number of hydrogen-bond acceptors (Lipinski definition) is 6. The van der Waals surface area contributed by atoms with Gasteiger partial charge in [-0.05, 0) is 18.9 Å². The molecule has 3 rings (SSSR count). The topological polar surface area (TPSA) is 106 Å². The molecular weight excluding hydrogens is 310 g/mol. The van der Waals surface area contributed by atoms with Crippen LogP contribution in [0.15, 0.2) is 36.9 Å². The Balaban J connectivity index is 1.70. The Bertz CT molecular complexity index is 789. The Hall–Kier alpha value is -3.21. The molecule has 1 amide bonds. The number of piperidine rings is 1. The number of likely N-dealkylation sites (tertiary alicyclic amines) is 1. The summed E-state index contributed by atoms with van der Waals surface area (Å²) in [6.07, 6.45) is 6.72. The van der Waals surface area contributed by atoms with Crippen LogP contribution in [0.25, 0.3) is 0 Å². The van der Waals surface area contributed by atoms with E-state index in [0.29, 0.717) is 23.4 Å². The maximum Gasteiger partial charge on any atom is 0.260 e. The minimum atomic E-state index is -0.269. The van der Waals surface area contributed by atoms with E-state index in [0.717, 1.165) is 12.8 Å². The van der Waals surface area contributed by atoms with E-state index in [4.69, 9.17) is 10.00 Å². The van der Waals surface area contributed by atoms with Crippen molar-refractivity contribution in [1.82, 2.24) is 14.9 Å². The van der Waals surface area contributed by atoms with Crippen molar-refractivity contribution >= 4 is 5.91 Å². The molecule has 0 spiro atoms. The van der Waals surface area contributed by atoms with Gasteiger partial charge in [0, 0.05) is 25.0 Å². The summed E-state index contributed by atoms with van der Waals surface area (Å²) in [7, 11) is 0. The van der Waals surface area contributed by atoms with Gasteiger partial charge in [0.1, 0.15) is 17.7 Å². The Morgan fingerprint density at radius 2 is 2.29 bits per heavy atom. The number of nitrogens with zero attached hydrogens (tertiary/aromatic N) is 5. The molecule has 0 N–H and O–H groups in total. The third kappa shape index (κ3) is 3.41. The normalized spacial score (nSPS) is 17.1. The molecular formula is C16H15N5O3. The first-order valence-electron chi connectivity index (χ1n) is 7.53. The second-order valence-electron chi connectivity index (χ2n) is 5.41. The molecule has 1 unspecified atom stereocenters. The van der Waals surface area contributed by atoms with Crippen molar-refractivity contribution in [1.29, 1.82) is 5.26 Å². The van der Waals surface area contributed by atoms with Crippen LogP contribution in [0.3, 0.4) is 0 Å². The second-order valence-corrected chi connectivity index (χ2v) is 5.41. The lowest BCUT2D eigenvalue weighted by molar-refractivity contribution is -0.605. The number of carbonyl (C=O) groups excluding carboxylic acids is 1. The summed E-state index contributed by atoms with van der Waals surface area (Å²) in [5.41, 5.74) is 0.460. The average molecular weight is 325 g/mol. The Kier molecular flexibility index (Phi) is 4.52. The van der Waals surface area contributed by atoms with Gasteiger partial charge in [-0.25, -0.2) is 9.97 Å². The van der Waals surface area contributed by atoms with Gasteiger partial charge in [-0.15, -0.1) is 0 Å². The molecule has 3 heterocycles. The SMILES string of the molecule is N#Cc1nccnc1OC1CCCN(C(=O)c2ccc[n+]([O-])c2)C1. The van der Waals surface area contributed by atoms with Crippen molar-refractivity contribution < 1.29 is 14.3 Å². The molecule has 0 saturated carbocycles. The third-order valence-corrected chi connectivity index (χ3v) is 3.74. The van der Waals surface area contributed by atoms with Gasteiger partial charge in [-0.2, -0.15) is 9.99 Å². The predicted molar refractivity (Wildman–Crippen MR) is 81.7 cm³/mol. The van der Waals surface area contributed by atoms with Gasteiger partial charge in [-0.3, -0.25) is 4.79 Å². The van der Waals surface area contributed by atoms with Crippen molar-refractivity contribution in [2.45, 2.75) is 18.9 Å². The summed E-state index contributed by atoms with van der Waals surface area (Å²) in [5.74, 6) is -0.0374. The molecule has 1 atom stereocenters. The number of ether oxygens (including phenoxy) is 1. The van der Waals surface area contributed by atoms with Crippen molar-refractivity contribution in [3.63, 3.8) is 0 Å². The number of aromatic nitrogens is 3. The highest BCUT2D eigenvalue weighted by atomic mass is 16.5. The molecule has 0 aromatic carbocycles. The van der Waals surface area contributed by atoms with Gasteiger partial charge in [-0.1, -0.05) is 0 Å². The minimum absolute atomic E-state index is 0.122. The fourth-order valence-electron chi connectivity index (χ4n) is 2.63. The molecule has 0 radical (unpaired) electrons. The minimum Gasteiger partial charge on any atom is -0.619 e. The van der Waals surface area contributed by atoms with Gasteiger partial charge >= 0.3 is 0 Å². The van der Waals surface area contributed by atoms with E-state index in [2.05, 4.69) is 9.97 Å². The first-order valence-corrected chi connectivity index (χ1v) is 7.53. The second kappa shape index (κ2) is 6.91. The van der Waals surface area contributed by atoms with Crippen LogP contribution < -0.4 is 9.47 Å². The highest BCUT2D eigenvalue weighted by Crippen LogP contribution is 2.19. The summed E-state index contributed by atoms with van der Waals surface area (Å²) in [5, 5.41) is 20.4. The van der Waals surface area contributed by atoms with Crippen LogP contribution >= 0.6 is 0 Å². The van der Waals surface area contributed by atoms with Crippen LogP contribution in [0.1, 0.15) is 28.9 Å². The maximum absolute atomic E-state index is 12.5. The smallest absolute Gasteiger partial charge is 0.260 e. The van der Waals surface area contributed by atoms with E-state index in [9.17, 15) is 10.0 Å². The largest absolute Gasteiger partial charge is 0.619 e. The Morgan fingerprint density at radius 1 is 1.46 bits per heavy atom. The number of hydrogen-bond donors (Lipinski definition) is 0. The highest BCUT2D eigenvalue weighted by molar-refractivity contribution is 5.93. The molecule has 8 nitrogen and oxygen atoms in total. The van der Waals surface area contributed by atoms with Crippen LogP contribution in [-0.2, 0) is 0 Å². The zero-order chi connectivity index (χ0) is 16.9. The zero-order valence-electron chi connectivity index (χ0n) is 12.8. The Morgan fingerprint density at radius 3 is 3.08 bits per heavy atom. The summed E-state index contributed by atoms with van der Waals surface area (Å²) in [6, 6.07) is 5.08. The number of amides is 1. The monoisotopic (exact) mass is 325 g/mol. The Labute approximate surface area is 138 Å². The molecule has 24 heavy (non-hydrogen) atoms.